The summed E-state index contributed by atoms with van der Waals surface area (Å²) in [6.07, 6.45) is 2.36. The second kappa shape index (κ2) is 9.87. The van der Waals surface area contributed by atoms with E-state index in [9.17, 15) is 22.8 Å². The molecule has 2 N–H and O–H groups in total. The van der Waals surface area contributed by atoms with Crippen molar-refractivity contribution in [2.24, 2.45) is 4.99 Å². The standard InChI is InChI=1S/C27H22F3N7O4/c1-31-10-15-2-5-21(32-11-15)37-23(34-24(38)20-12-40-14-33-20)22-19(36-37)9-26(35-25(22)39)7-6-16-8-17(3-4-18(16)26)41-13-27(28,29)30/h2-5,8,10-12,14H,6-7,9,13H2,1H3,(H,34,38)(H,35,39)/b31-10+/t26-/m0/s1. The number of pyridine rings is 1. The second-order valence-electron chi connectivity index (χ2n) is 9.68. The predicted molar refractivity (Wildman–Crippen MR) is 138 cm³/mol. The smallest absolute Gasteiger partial charge is 0.422 e. The molecule has 4 heterocycles. The second-order valence-corrected chi connectivity index (χ2v) is 9.68. The van der Waals surface area contributed by atoms with Gasteiger partial charge in [0.25, 0.3) is 11.8 Å². The zero-order valence-electron chi connectivity index (χ0n) is 21.5. The summed E-state index contributed by atoms with van der Waals surface area (Å²) in [6.45, 7) is -1.39. The summed E-state index contributed by atoms with van der Waals surface area (Å²) in [4.78, 5) is 38.9. The van der Waals surface area contributed by atoms with E-state index in [0.717, 1.165) is 23.1 Å². The summed E-state index contributed by atoms with van der Waals surface area (Å²) in [7, 11) is 1.64. The largest absolute Gasteiger partial charge is 0.484 e. The van der Waals surface area contributed by atoms with Crippen LogP contribution < -0.4 is 15.4 Å². The van der Waals surface area contributed by atoms with Gasteiger partial charge in [-0.15, -0.1) is 0 Å². The van der Waals surface area contributed by atoms with Gasteiger partial charge < -0.3 is 19.8 Å². The Morgan fingerprint density at radius 2 is 2.15 bits per heavy atom. The number of nitrogens with zero attached hydrogens (tertiary/aromatic N) is 5. The van der Waals surface area contributed by atoms with E-state index in [2.05, 4.69) is 25.6 Å². The number of hydrogen-bond acceptors (Lipinski definition) is 8. The Bertz CT molecular complexity index is 1660. The maximum atomic E-state index is 13.7. The van der Waals surface area contributed by atoms with Crippen molar-refractivity contribution in [3.63, 3.8) is 0 Å². The van der Waals surface area contributed by atoms with Gasteiger partial charge >= 0.3 is 6.18 Å². The number of aliphatic imine (C=N–C) groups is 1. The fourth-order valence-electron chi connectivity index (χ4n) is 5.26. The van der Waals surface area contributed by atoms with Crippen LogP contribution in [0.5, 0.6) is 5.75 Å². The Hall–Kier alpha value is -5.01. The highest BCUT2D eigenvalue weighted by molar-refractivity contribution is 6.09. The van der Waals surface area contributed by atoms with Gasteiger partial charge in [-0.1, -0.05) is 6.07 Å². The number of rotatable bonds is 6. The first kappa shape index (κ1) is 26.2. The van der Waals surface area contributed by atoms with Crippen LogP contribution in [-0.4, -0.2) is 57.6 Å². The third kappa shape index (κ3) is 4.92. The van der Waals surface area contributed by atoms with E-state index in [-0.39, 0.29) is 29.2 Å². The molecule has 14 heteroatoms. The average molecular weight is 566 g/mol. The van der Waals surface area contributed by atoms with E-state index in [4.69, 9.17) is 14.3 Å². The molecule has 1 aliphatic carbocycles. The summed E-state index contributed by atoms with van der Waals surface area (Å²) in [5.74, 6) is -0.510. The summed E-state index contributed by atoms with van der Waals surface area (Å²) < 4.78 is 49.1. The van der Waals surface area contributed by atoms with Crippen LogP contribution in [0.4, 0.5) is 19.0 Å². The Morgan fingerprint density at radius 1 is 1.29 bits per heavy atom. The first-order chi connectivity index (χ1) is 19.7. The molecule has 4 aromatic rings. The number of aromatic nitrogens is 4. The molecule has 1 atom stereocenters. The van der Waals surface area contributed by atoms with Gasteiger partial charge in [-0.3, -0.25) is 14.6 Å². The molecule has 1 aromatic carbocycles. The van der Waals surface area contributed by atoms with E-state index in [1.54, 1.807) is 43.7 Å². The molecule has 6 rings (SSSR count). The molecule has 3 aromatic heterocycles. The molecule has 1 spiro atoms. The number of carbonyl (C=O) groups excluding carboxylic acids is 2. The van der Waals surface area contributed by atoms with Crippen molar-refractivity contribution in [1.29, 1.82) is 0 Å². The molecule has 0 fully saturated rings. The zero-order valence-corrected chi connectivity index (χ0v) is 21.5. The molecule has 1 aliphatic heterocycles. The van der Waals surface area contributed by atoms with Crippen LogP contribution in [-0.2, 0) is 18.4 Å². The molecular weight excluding hydrogens is 543 g/mol. The number of oxazole rings is 1. The van der Waals surface area contributed by atoms with Crippen molar-refractivity contribution in [2.45, 2.75) is 31.0 Å². The highest BCUT2D eigenvalue weighted by Gasteiger charge is 2.47. The third-order valence-corrected chi connectivity index (χ3v) is 6.99. The van der Waals surface area contributed by atoms with Crippen LogP contribution in [0.15, 0.2) is 58.6 Å². The number of hydrogen-bond donors (Lipinski definition) is 2. The molecule has 41 heavy (non-hydrogen) atoms. The van der Waals surface area contributed by atoms with Gasteiger partial charge in [0.1, 0.15) is 17.6 Å². The number of nitrogens with one attached hydrogen (secondary N) is 2. The van der Waals surface area contributed by atoms with Crippen molar-refractivity contribution in [3.05, 3.63) is 82.8 Å². The normalized spacial score (nSPS) is 17.9. The van der Waals surface area contributed by atoms with E-state index in [1.165, 1.54) is 17.0 Å². The molecular formula is C27H22F3N7O4. The van der Waals surface area contributed by atoms with Crippen LogP contribution in [0.2, 0.25) is 0 Å². The van der Waals surface area contributed by atoms with Gasteiger partial charge in [-0.05, 0) is 48.2 Å². The van der Waals surface area contributed by atoms with Crippen LogP contribution in [0, 0.1) is 0 Å². The van der Waals surface area contributed by atoms with Crippen LogP contribution in [0.1, 0.15) is 49.7 Å². The van der Waals surface area contributed by atoms with Crippen molar-refractivity contribution in [3.8, 4) is 11.6 Å². The Balaban J connectivity index is 1.37. The van der Waals surface area contributed by atoms with Gasteiger partial charge in [0.2, 0.25) is 0 Å². The number of alkyl halides is 3. The third-order valence-electron chi connectivity index (χ3n) is 6.99. The lowest BCUT2D eigenvalue weighted by Crippen LogP contribution is -2.49. The maximum Gasteiger partial charge on any atom is 0.422 e. The summed E-state index contributed by atoms with van der Waals surface area (Å²) in [6, 6.07) is 8.17. The predicted octanol–water partition coefficient (Wildman–Crippen LogP) is 3.63. The Morgan fingerprint density at radius 3 is 2.85 bits per heavy atom. The minimum Gasteiger partial charge on any atom is -0.484 e. The van der Waals surface area contributed by atoms with E-state index >= 15 is 0 Å². The molecule has 2 aliphatic rings. The van der Waals surface area contributed by atoms with Crippen LogP contribution >= 0.6 is 0 Å². The Labute approximate surface area is 230 Å². The highest BCUT2D eigenvalue weighted by Crippen LogP contribution is 2.44. The van der Waals surface area contributed by atoms with Crippen molar-refractivity contribution < 1.29 is 31.9 Å². The van der Waals surface area contributed by atoms with E-state index in [1.807, 2.05) is 0 Å². The fraction of sp³-hybridized carbons (Fsp3) is 0.259. The summed E-state index contributed by atoms with van der Waals surface area (Å²) >= 11 is 0. The van der Waals surface area contributed by atoms with Gasteiger partial charge in [0.15, 0.2) is 30.3 Å². The molecule has 0 unspecified atom stereocenters. The average Bonchev–Trinajstić information content (AvgIpc) is 3.67. The number of aryl methyl sites for hydroxylation is 1. The van der Waals surface area contributed by atoms with Crippen molar-refractivity contribution in [2.75, 3.05) is 19.0 Å². The highest BCUT2D eigenvalue weighted by atomic mass is 19.4. The van der Waals surface area contributed by atoms with E-state index in [0.29, 0.717) is 24.4 Å². The minimum atomic E-state index is -4.45. The van der Waals surface area contributed by atoms with Gasteiger partial charge in [0, 0.05) is 31.4 Å². The van der Waals surface area contributed by atoms with Crippen molar-refractivity contribution in [1.82, 2.24) is 25.1 Å². The SMILES string of the molecule is C/N=C/c1ccc(-n2nc3c(c2NC(=O)c2cocn2)C(=O)N[C@@]2(CCc4cc(OCC(F)(F)F)ccc42)C3)nc1. The fourth-order valence-corrected chi connectivity index (χ4v) is 5.26. The maximum absolute atomic E-state index is 13.7. The van der Waals surface area contributed by atoms with Crippen LogP contribution in [0.25, 0.3) is 5.82 Å². The first-order valence-corrected chi connectivity index (χ1v) is 12.5. The number of halogens is 3. The lowest BCUT2D eigenvalue weighted by atomic mass is 9.82. The minimum absolute atomic E-state index is 0.00918. The van der Waals surface area contributed by atoms with Crippen molar-refractivity contribution >= 4 is 23.8 Å². The number of anilines is 1. The Kier molecular flexibility index (Phi) is 6.31. The number of amides is 2. The van der Waals surface area contributed by atoms with Gasteiger partial charge in [-0.2, -0.15) is 23.0 Å². The number of fused-ring (bicyclic) bond motifs is 3. The first-order valence-electron chi connectivity index (χ1n) is 12.5. The molecule has 0 saturated heterocycles. The zero-order chi connectivity index (χ0) is 28.8. The lowest BCUT2D eigenvalue weighted by molar-refractivity contribution is -0.153. The quantitative estimate of drug-likeness (QED) is 0.341. The van der Waals surface area contributed by atoms with Gasteiger partial charge in [-0.25, -0.2) is 9.97 Å². The number of carbonyl (C=O) groups is 2. The van der Waals surface area contributed by atoms with Crippen LogP contribution in [0.3, 0.4) is 0 Å². The number of ether oxygens (including phenoxy) is 1. The summed E-state index contributed by atoms with van der Waals surface area (Å²) in [5.41, 5.74) is 2.09. The summed E-state index contributed by atoms with van der Waals surface area (Å²) in [5, 5.41) is 10.5. The molecule has 0 bridgehead atoms. The van der Waals surface area contributed by atoms with E-state index < -0.39 is 30.1 Å². The monoisotopic (exact) mass is 565 g/mol. The number of benzene rings is 1. The molecule has 210 valence electrons. The lowest BCUT2D eigenvalue weighted by Gasteiger charge is -2.35. The molecule has 0 radical (unpaired) electrons. The molecule has 2 amide bonds. The molecule has 0 saturated carbocycles. The topological polar surface area (TPSA) is 137 Å². The van der Waals surface area contributed by atoms with Gasteiger partial charge in [0.05, 0.1) is 11.2 Å². The molecule has 11 nitrogen and oxygen atoms in total.